The summed E-state index contributed by atoms with van der Waals surface area (Å²) in [6.07, 6.45) is 0.249. The topological polar surface area (TPSA) is 89.8 Å². The number of nitrogens with zero attached hydrogens (tertiary/aromatic N) is 2. The molecule has 0 unspecified atom stereocenters. The van der Waals surface area contributed by atoms with Gasteiger partial charge in [-0.3, -0.25) is 4.79 Å². The first kappa shape index (κ1) is 23.6. The van der Waals surface area contributed by atoms with Gasteiger partial charge in [-0.2, -0.15) is 23.7 Å². The second kappa shape index (κ2) is 9.38. The van der Waals surface area contributed by atoms with E-state index in [0.717, 1.165) is 54.3 Å². The minimum absolute atomic E-state index is 0.0296. The number of thiophene rings is 1. The molecule has 0 bridgehead atoms. The summed E-state index contributed by atoms with van der Waals surface area (Å²) in [6, 6.07) is 9.62. The highest BCUT2D eigenvalue weighted by Gasteiger charge is 2.31. The van der Waals surface area contributed by atoms with Crippen LogP contribution in [0.1, 0.15) is 40.2 Å². The van der Waals surface area contributed by atoms with E-state index in [0.29, 0.717) is 10.6 Å². The lowest BCUT2D eigenvalue weighted by Gasteiger charge is -2.09. The van der Waals surface area contributed by atoms with Gasteiger partial charge in [0.2, 0.25) is 0 Å². The van der Waals surface area contributed by atoms with E-state index in [4.69, 9.17) is 16.0 Å². The van der Waals surface area contributed by atoms with Crippen LogP contribution >= 0.6 is 22.9 Å². The Kier molecular flexibility index (Phi) is 6.52. The van der Waals surface area contributed by atoms with Crippen LogP contribution in [0.4, 0.5) is 18.2 Å². The summed E-state index contributed by atoms with van der Waals surface area (Å²) in [5.41, 5.74) is 0.229. The third kappa shape index (κ3) is 4.72. The molecule has 34 heavy (non-hydrogen) atoms. The SMILES string of the molecule is N#C/C(=C\c1ccc(-c2cc(C(F)(F)F)ccc2Cl)o1)C(=O)Nc1sc2c(c1C#N)CCCC2. The molecule has 0 radical (unpaired) electrons. The second-order valence-corrected chi connectivity index (χ2v) is 9.06. The number of anilines is 1. The molecule has 10 heteroatoms. The number of nitrogens with one attached hydrogen (secondary N) is 1. The lowest BCUT2D eigenvalue weighted by molar-refractivity contribution is -0.137. The highest BCUT2D eigenvalue weighted by molar-refractivity contribution is 7.16. The van der Waals surface area contributed by atoms with Gasteiger partial charge in [-0.05, 0) is 61.6 Å². The molecular weight excluding hydrogens is 487 g/mol. The zero-order valence-electron chi connectivity index (χ0n) is 17.4. The van der Waals surface area contributed by atoms with Gasteiger partial charge in [0.05, 0.1) is 16.1 Å². The number of alkyl halides is 3. The summed E-state index contributed by atoms with van der Waals surface area (Å²) in [5.74, 6) is -0.577. The Morgan fingerprint density at radius 3 is 2.65 bits per heavy atom. The number of fused-ring (bicyclic) bond motifs is 1. The molecule has 0 spiro atoms. The zero-order valence-corrected chi connectivity index (χ0v) is 19.0. The van der Waals surface area contributed by atoms with Gasteiger partial charge in [0.1, 0.15) is 34.2 Å². The van der Waals surface area contributed by atoms with Crippen LogP contribution in [0.25, 0.3) is 17.4 Å². The predicted octanol–water partition coefficient (Wildman–Crippen LogP) is 6.98. The molecule has 0 saturated heterocycles. The number of halogens is 4. The molecule has 3 aromatic rings. The Morgan fingerprint density at radius 1 is 1.18 bits per heavy atom. The number of carbonyl (C=O) groups is 1. The van der Waals surface area contributed by atoms with E-state index >= 15 is 0 Å². The van der Waals surface area contributed by atoms with Crippen LogP contribution in [0.2, 0.25) is 5.02 Å². The lowest BCUT2D eigenvalue weighted by atomic mass is 9.96. The Labute approximate surface area is 201 Å². The third-order valence-electron chi connectivity index (χ3n) is 5.35. The summed E-state index contributed by atoms with van der Waals surface area (Å²) < 4.78 is 44.7. The van der Waals surface area contributed by atoms with Crippen molar-refractivity contribution in [2.24, 2.45) is 0 Å². The molecule has 2 heterocycles. The van der Waals surface area contributed by atoms with Gasteiger partial charge in [-0.15, -0.1) is 11.3 Å². The highest BCUT2D eigenvalue weighted by Crippen LogP contribution is 2.38. The molecule has 2 aromatic heterocycles. The van der Waals surface area contributed by atoms with Crippen molar-refractivity contribution < 1.29 is 22.4 Å². The number of carbonyl (C=O) groups excluding carboxylic acids is 1. The Hall–Kier alpha value is -3.53. The van der Waals surface area contributed by atoms with E-state index in [1.54, 1.807) is 6.07 Å². The highest BCUT2D eigenvalue weighted by atomic mass is 35.5. The smallest absolute Gasteiger partial charge is 0.416 e. The van der Waals surface area contributed by atoms with Gasteiger partial charge >= 0.3 is 6.18 Å². The fraction of sp³-hybridized carbons (Fsp3) is 0.208. The molecule has 1 aromatic carbocycles. The average Bonchev–Trinajstić information content (AvgIpc) is 3.40. The number of hydrogen-bond acceptors (Lipinski definition) is 5. The van der Waals surface area contributed by atoms with Crippen LogP contribution in [0.15, 0.2) is 40.3 Å². The summed E-state index contributed by atoms with van der Waals surface area (Å²) in [7, 11) is 0. The number of benzene rings is 1. The Morgan fingerprint density at radius 2 is 1.94 bits per heavy atom. The summed E-state index contributed by atoms with van der Waals surface area (Å²) in [5, 5.41) is 22.1. The van der Waals surface area contributed by atoms with Gasteiger partial charge in [0.25, 0.3) is 5.91 Å². The van der Waals surface area contributed by atoms with Crippen molar-refractivity contribution in [3.8, 4) is 23.5 Å². The van der Waals surface area contributed by atoms with Crippen molar-refractivity contribution in [3.05, 3.63) is 68.3 Å². The van der Waals surface area contributed by atoms with Crippen molar-refractivity contribution in [1.29, 1.82) is 10.5 Å². The van der Waals surface area contributed by atoms with Gasteiger partial charge in [-0.1, -0.05) is 11.6 Å². The number of furan rings is 1. The van der Waals surface area contributed by atoms with Crippen LogP contribution in [0.3, 0.4) is 0 Å². The third-order valence-corrected chi connectivity index (χ3v) is 6.88. The van der Waals surface area contributed by atoms with E-state index in [1.807, 2.05) is 0 Å². The maximum Gasteiger partial charge on any atom is 0.416 e. The van der Waals surface area contributed by atoms with Gasteiger partial charge in [0.15, 0.2) is 0 Å². The van der Waals surface area contributed by atoms with Crippen LogP contribution in [0, 0.1) is 22.7 Å². The maximum absolute atomic E-state index is 13.1. The molecule has 1 aliphatic rings. The number of nitriles is 2. The molecule has 0 atom stereocenters. The predicted molar refractivity (Wildman–Crippen MR) is 122 cm³/mol. The molecule has 5 nitrogen and oxygen atoms in total. The van der Waals surface area contributed by atoms with Crippen LogP contribution < -0.4 is 5.32 Å². The fourth-order valence-electron chi connectivity index (χ4n) is 3.70. The van der Waals surface area contributed by atoms with Gasteiger partial charge in [-0.25, -0.2) is 0 Å². The average molecular weight is 502 g/mol. The first-order valence-corrected chi connectivity index (χ1v) is 11.4. The van der Waals surface area contributed by atoms with Gasteiger partial charge < -0.3 is 9.73 Å². The number of rotatable bonds is 4. The molecule has 1 amide bonds. The number of aryl methyl sites for hydroxylation is 1. The Bertz CT molecular complexity index is 1390. The quantitative estimate of drug-likeness (QED) is 0.308. The molecule has 0 fully saturated rings. The van der Waals surface area contributed by atoms with E-state index < -0.39 is 17.6 Å². The minimum atomic E-state index is -4.55. The fourth-order valence-corrected chi connectivity index (χ4v) is 5.14. The van der Waals surface area contributed by atoms with E-state index in [2.05, 4.69) is 11.4 Å². The van der Waals surface area contributed by atoms with Crippen LogP contribution in [0.5, 0.6) is 0 Å². The standard InChI is InChI=1S/C24H15ClF3N3O2S/c25-19-7-5-14(24(26,27)28)10-17(19)20-8-6-15(33-20)9-13(11-29)22(32)31-23-18(12-30)16-3-1-2-4-21(16)34-23/h5-10H,1-4H2,(H,31,32)/b13-9+. The molecule has 0 saturated carbocycles. The summed E-state index contributed by atoms with van der Waals surface area (Å²) in [6.45, 7) is 0. The molecule has 172 valence electrons. The van der Waals surface area contributed by atoms with Crippen LogP contribution in [-0.2, 0) is 23.8 Å². The molecule has 4 rings (SSSR count). The van der Waals surface area contributed by atoms with E-state index in [1.165, 1.54) is 29.5 Å². The largest absolute Gasteiger partial charge is 0.457 e. The van der Waals surface area contributed by atoms with Crippen molar-refractivity contribution in [2.75, 3.05) is 5.32 Å². The summed E-state index contributed by atoms with van der Waals surface area (Å²) in [4.78, 5) is 13.8. The first-order valence-electron chi connectivity index (χ1n) is 10.2. The number of hydrogen-bond donors (Lipinski definition) is 1. The minimum Gasteiger partial charge on any atom is -0.457 e. The maximum atomic E-state index is 13.1. The van der Waals surface area contributed by atoms with Crippen molar-refractivity contribution in [1.82, 2.24) is 0 Å². The first-order chi connectivity index (χ1) is 16.2. The molecule has 1 aliphatic carbocycles. The second-order valence-electron chi connectivity index (χ2n) is 7.55. The summed E-state index contributed by atoms with van der Waals surface area (Å²) >= 11 is 7.39. The molecular formula is C24H15ClF3N3O2S. The van der Waals surface area contributed by atoms with Crippen molar-refractivity contribution >= 4 is 39.9 Å². The number of amides is 1. The normalized spacial score (nSPS) is 13.6. The monoisotopic (exact) mass is 501 g/mol. The zero-order chi connectivity index (χ0) is 24.5. The van der Waals surface area contributed by atoms with Crippen molar-refractivity contribution in [3.63, 3.8) is 0 Å². The molecule has 1 N–H and O–H groups in total. The lowest BCUT2D eigenvalue weighted by Crippen LogP contribution is -2.13. The van der Waals surface area contributed by atoms with Crippen molar-refractivity contribution in [2.45, 2.75) is 31.9 Å². The van der Waals surface area contributed by atoms with Crippen LogP contribution in [-0.4, -0.2) is 5.91 Å². The van der Waals surface area contributed by atoms with E-state index in [9.17, 15) is 28.5 Å². The van der Waals surface area contributed by atoms with E-state index in [-0.39, 0.29) is 27.7 Å². The molecule has 0 aliphatic heterocycles. The Balaban J connectivity index is 1.59. The van der Waals surface area contributed by atoms with Gasteiger partial charge in [0, 0.05) is 16.5 Å².